The van der Waals surface area contributed by atoms with Crippen molar-refractivity contribution in [3.63, 3.8) is 0 Å². The molecule has 0 amide bonds. The van der Waals surface area contributed by atoms with E-state index < -0.39 is 0 Å². The molecule has 1 N–H and O–H groups in total. The number of benzene rings is 1. The predicted octanol–water partition coefficient (Wildman–Crippen LogP) is 3.73. The smallest absolute Gasteiger partial charge is 0.224 e. The van der Waals surface area contributed by atoms with Crippen molar-refractivity contribution in [2.45, 2.75) is 6.92 Å². The summed E-state index contributed by atoms with van der Waals surface area (Å²) in [6.45, 7) is 1.88. The van der Waals surface area contributed by atoms with Gasteiger partial charge in [0.1, 0.15) is 5.82 Å². The maximum Gasteiger partial charge on any atom is 0.224 e. The molecule has 0 aliphatic rings. The Hall–Kier alpha value is -2.20. The first kappa shape index (κ1) is 11.9. The molecule has 3 rings (SSSR count). The van der Waals surface area contributed by atoms with E-state index in [1.807, 2.05) is 43.3 Å². The minimum Gasteiger partial charge on any atom is -0.340 e. The normalized spacial score (nSPS) is 10.6. The van der Waals surface area contributed by atoms with Crippen molar-refractivity contribution in [2.75, 3.05) is 5.32 Å². The van der Waals surface area contributed by atoms with E-state index in [-0.39, 0.29) is 5.28 Å². The average molecular weight is 271 g/mol. The monoisotopic (exact) mass is 270 g/mol. The van der Waals surface area contributed by atoms with Gasteiger partial charge in [-0.2, -0.15) is 0 Å². The van der Waals surface area contributed by atoms with E-state index in [1.165, 1.54) is 0 Å². The fourth-order valence-corrected chi connectivity index (χ4v) is 2.12. The maximum atomic E-state index is 5.84. The van der Waals surface area contributed by atoms with Crippen LogP contribution in [0.3, 0.4) is 0 Å². The van der Waals surface area contributed by atoms with Gasteiger partial charge in [0.05, 0.1) is 5.52 Å². The van der Waals surface area contributed by atoms with Crippen molar-refractivity contribution in [2.24, 2.45) is 0 Å². The highest BCUT2D eigenvalue weighted by molar-refractivity contribution is 6.28. The molecule has 0 aliphatic carbocycles. The molecule has 2 aromatic heterocycles. The number of pyridine rings is 1. The molecule has 1 aromatic carbocycles. The van der Waals surface area contributed by atoms with Crippen molar-refractivity contribution in [3.05, 3.63) is 53.6 Å². The second kappa shape index (κ2) is 4.82. The van der Waals surface area contributed by atoms with E-state index in [0.717, 1.165) is 22.3 Å². The van der Waals surface area contributed by atoms with Crippen LogP contribution in [0, 0.1) is 6.92 Å². The van der Waals surface area contributed by atoms with Crippen molar-refractivity contribution in [1.82, 2.24) is 15.0 Å². The van der Waals surface area contributed by atoms with Gasteiger partial charge >= 0.3 is 0 Å². The summed E-state index contributed by atoms with van der Waals surface area (Å²) in [5.74, 6) is 0.681. The second-order valence-corrected chi connectivity index (χ2v) is 4.54. The lowest BCUT2D eigenvalue weighted by Gasteiger charge is -2.07. The Labute approximate surface area is 115 Å². The summed E-state index contributed by atoms with van der Waals surface area (Å²) < 4.78 is 0. The van der Waals surface area contributed by atoms with Crippen LogP contribution in [0.2, 0.25) is 5.28 Å². The predicted molar refractivity (Wildman–Crippen MR) is 76.8 cm³/mol. The number of nitrogens with one attached hydrogen (secondary N) is 1. The number of aryl methyl sites for hydroxylation is 1. The average Bonchev–Trinajstić information content (AvgIpc) is 2.37. The molecule has 2 heterocycles. The third kappa shape index (κ3) is 2.63. The summed E-state index contributed by atoms with van der Waals surface area (Å²) in [5.41, 5.74) is 2.73. The fraction of sp³-hybridized carbons (Fsp3) is 0.0714. The highest BCUT2D eigenvalue weighted by Crippen LogP contribution is 2.21. The molecule has 0 radical (unpaired) electrons. The van der Waals surface area contributed by atoms with Gasteiger partial charge in [-0.15, -0.1) is 0 Å². The Bertz CT molecular complexity index is 722. The van der Waals surface area contributed by atoms with E-state index >= 15 is 0 Å². The Morgan fingerprint density at radius 2 is 2.00 bits per heavy atom. The van der Waals surface area contributed by atoms with E-state index in [9.17, 15) is 0 Å². The molecule has 0 fully saturated rings. The quantitative estimate of drug-likeness (QED) is 0.721. The molecular formula is C14H11ClN4. The molecule has 0 aliphatic heterocycles. The van der Waals surface area contributed by atoms with Gasteiger partial charge in [-0.3, -0.25) is 4.98 Å². The summed E-state index contributed by atoms with van der Waals surface area (Å²) in [6.07, 6.45) is 1.78. The molecule has 19 heavy (non-hydrogen) atoms. The number of hydrogen-bond acceptors (Lipinski definition) is 4. The largest absolute Gasteiger partial charge is 0.340 e. The van der Waals surface area contributed by atoms with Crippen molar-refractivity contribution < 1.29 is 0 Å². The van der Waals surface area contributed by atoms with Crippen LogP contribution >= 0.6 is 11.6 Å². The molecule has 0 saturated carbocycles. The van der Waals surface area contributed by atoms with Crippen LogP contribution in [0.5, 0.6) is 0 Å². The fourth-order valence-electron chi connectivity index (χ4n) is 1.90. The SMILES string of the molecule is Cc1cc(Nc2ccc3ncccc3c2)nc(Cl)n1. The van der Waals surface area contributed by atoms with Crippen LogP contribution in [-0.2, 0) is 0 Å². The molecule has 0 spiro atoms. The highest BCUT2D eigenvalue weighted by Gasteiger charge is 2.02. The van der Waals surface area contributed by atoms with Crippen molar-refractivity contribution in [1.29, 1.82) is 0 Å². The van der Waals surface area contributed by atoms with Gasteiger partial charge < -0.3 is 5.32 Å². The summed E-state index contributed by atoms with van der Waals surface area (Å²) in [7, 11) is 0. The summed E-state index contributed by atoms with van der Waals surface area (Å²) >= 11 is 5.84. The van der Waals surface area contributed by atoms with Gasteiger partial charge in [0.2, 0.25) is 5.28 Å². The summed E-state index contributed by atoms with van der Waals surface area (Å²) in [6, 6.07) is 11.7. The lowest BCUT2D eigenvalue weighted by Crippen LogP contribution is -1.96. The van der Waals surface area contributed by atoms with Crippen molar-refractivity contribution >= 4 is 34.0 Å². The van der Waals surface area contributed by atoms with Gasteiger partial charge in [0.15, 0.2) is 0 Å². The number of anilines is 2. The Morgan fingerprint density at radius 1 is 1.11 bits per heavy atom. The van der Waals surface area contributed by atoms with E-state index in [4.69, 9.17) is 11.6 Å². The Balaban J connectivity index is 1.96. The highest BCUT2D eigenvalue weighted by atomic mass is 35.5. The van der Waals surface area contributed by atoms with Crippen LogP contribution in [0.15, 0.2) is 42.6 Å². The zero-order valence-electron chi connectivity index (χ0n) is 10.3. The molecule has 0 bridgehead atoms. The van der Waals surface area contributed by atoms with Gasteiger partial charge in [-0.25, -0.2) is 9.97 Å². The molecule has 3 aromatic rings. The van der Waals surface area contributed by atoms with Crippen LogP contribution in [-0.4, -0.2) is 15.0 Å². The van der Waals surface area contributed by atoms with Crippen LogP contribution in [0.4, 0.5) is 11.5 Å². The topological polar surface area (TPSA) is 50.7 Å². The molecular weight excluding hydrogens is 260 g/mol. The van der Waals surface area contributed by atoms with Crippen LogP contribution < -0.4 is 5.32 Å². The molecule has 0 atom stereocenters. The van der Waals surface area contributed by atoms with E-state index in [2.05, 4.69) is 20.3 Å². The van der Waals surface area contributed by atoms with Gasteiger partial charge in [-0.1, -0.05) is 6.07 Å². The number of rotatable bonds is 2. The van der Waals surface area contributed by atoms with E-state index in [0.29, 0.717) is 5.82 Å². The minimum atomic E-state index is 0.241. The zero-order valence-corrected chi connectivity index (χ0v) is 11.0. The molecule has 94 valence electrons. The van der Waals surface area contributed by atoms with Crippen LogP contribution in [0.25, 0.3) is 10.9 Å². The summed E-state index contributed by atoms with van der Waals surface area (Å²) in [4.78, 5) is 12.5. The first-order valence-electron chi connectivity index (χ1n) is 5.84. The molecule has 4 nitrogen and oxygen atoms in total. The lowest BCUT2D eigenvalue weighted by molar-refractivity contribution is 1.10. The number of halogens is 1. The zero-order chi connectivity index (χ0) is 13.2. The second-order valence-electron chi connectivity index (χ2n) is 4.20. The first-order valence-corrected chi connectivity index (χ1v) is 6.21. The maximum absolute atomic E-state index is 5.84. The van der Waals surface area contributed by atoms with Gasteiger partial charge in [0, 0.05) is 29.0 Å². The summed E-state index contributed by atoms with van der Waals surface area (Å²) in [5, 5.41) is 4.53. The van der Waals surface area contributed by atoms with Gasteiger partial charge in [-0.05, 0) is 42.8 Å². The third-order valence-corrected chi connectivity index (χ3v) is 2.87. The molecule has 0 unspecified atom stereocenters. The van der Waals surface area contributed by atoms with Crippen LogP contribution in [0.1, 0.15) is 5.69 Å². The Kier molecular flexibility index (Phi) is 3.01. The lowest BCUT2D eigenvalue weighted by atomic mass is 10.2. The minimum absolute atomic E-state index is 0.241. The number of hydrogen-bond donors (Lipinski definition) is 1. The molecule has 5 heteroatoms. The third-order valence-electron chi connectivity index (χ3n) is 2.70. The van der Waals surface area contributed by atoms with E-state index in [1.54, 1.807) is 6.20 Å². The first-order chi connectivity index (χ1) is 9.20. The molecule has 0 saturated heterocycles. The number of nitrogens with zero attached hydrogens (tertiary/aromatic N) is 3. The number of fused-ring (bicyclic) bond motifs is 1. The van der Waals surface area contributed by atoms with Crippen molar-refractivity contribution in [3.8, 4) is 0 Å². The Morgan fingerprint density at radius 3 is 2.84 bits per heavy atom. The van der Waals surface area contributed by atoms with Gasteiger partial charge in [0.25, 0.3) is 0 Å². The standard InChI is InChI=1S/C14H11ClN4/c1-9-7-13(19-14(15)17-9)18-11-4-5-12-10(8-11)3-2-6-16-12/h2-8H,1H3,(H,17,18,19). The number of aromatic nitrogens is 3.